The van der Waals surface area contributed by atoms with Crippen molar-refractivity contribution in [1.82, 2.24) is 4.90 Å². The summed E-state index contributed by atoms with van der Waals surface area (Å²) in [5.74, 6) is -0.392. The Labute approximate surface area is 159 Å². The van der Waals surface area contributed by atoms with Crippen LogP contribution in [0.2, 0.25) is 0 Å². The van der Waals surface area contributed by atoms with Gasteiger partial charge in [0.1, 0.15) is 5.75 Å². The van der Waals surface area contributed by atoms with Gasteiger partial charge < -0.3 is 14.7 Å². The lowest BCUT2D eigenvalue weighted by Gasteiger charge is -2.33. The highest BCUT2D eigenvalue weighted by Crippen LogP contribution is 2.29. The third kappa shape index (κ3) is 4.67. The van der Waals surface area contributed by atoms with Crippen LogP contribution in [0, 0.1) is 5.92 Å². The van der Waals surface area contributed by atoms with E-state index in [0.717, 1.165) is 22.4 Å². The number of carbonyl (C=O) groups excluding carboxylic acids is 1. The molecule has 2 aromatic carbocycles. The minimum Gasteiger partial charge on any atom is -0.493 e. The molecule has 1 heterocycles. The number of carbonyl (C=O) groups is 2. The zero-order valence-electron chi connectivity index (χ0n) is 15.7. The monoisotopic (exact) mass is 367 g/mol. The number of hydrogen-bond acceptors (Lipinski definition) is 3. The van der Waals surface area contributed by atoms with Gasteiger partial charge in [0.25, 0.3) is 0 Å². The lowest BCUT2D eigenvalue weighted by Crippen LogP contribution is -2.41. The van der Waals surface area contributed by atoms with Crippen LogP contribution in [0.25, 0.3) is 0 Å². The van der Waals surface area contributed by atoms with Gasteiger partial charge >= 0.3 is 5.97 Å². The third-order valence-electron chi connectivity index (χ3n) is 4.71. The van der Waals surface area contributed by atoms with Gasteiger partial charge in [0.15, 0.2) is 0 Å². The molecule has 142 valence electrons. The second-order valence-corrected chi connectivity index (χ2v) is 7.39. The van der Waals surface area contributed by atoms with E-state index < -0.39 is 11.9 Å². The van der Waals surface area contributed by atoms with E-state index in [1.807, 2.05) is 48.5 Å². The molecule has 0 aromatic heterocycles. The molecule has 27 heavy (non-hydrogen) atoms. The van der Waals surface area contributed by atoms with Crippen LogP contribution in [0.1, 0.15) is 36.5 Å². The molecule has 0 saturated carbocycles. The largest absolute Gasteiger partial charge is 0.493 e. The fourth-order valence-corrected chi connectivity index (χ4v) is 3.26. The summed E-state index contributed by atoms with van der Waals surface area (Å²) < 4.78 is 5.66. The number of amides is 1. The zero-order chi connectivity index (χ0) is 19.4. The number of nitrogens with zero attached hydrogens (tertiary/aromatic N) is 1. The molecule has 0 spiro atoms. The highest BCUT2D eigenvalue weighted by atomic mass is 16.5. The molecule has 2 aromatic rings. The standard InChI is InChI=1S/C22H25NO4/c1-15(2)14-27-18-9-7-16(8-10-18)11-21(24)23-12-17-5-3-4-6-19(17)20(13-23)22(25)26/h3-10,15,20H,11-14H2,1-2H3,(H,25,26). The molecule has 0 bridgehead atoms. The predicted octanol–water partition coefficient (Wildman–Crippen LogP) is 3.47. The van der Waals surface area contributed by atoms with Crippen LogP contribution in [0.3, 0.4) is 0 Å². The molecule has 1 N–H and O–H groups in total. The average Bonchev–Trinajstić information content (AvgIpc) is 2.66. The fraction of sp³-hybridized carbons (Fsp3) is 0.364. The van der Waals surface area contributed by atoms with Crippen LogP contribution in [0.4, 0.5) is 0 Å². The molecule has 0 aliphatic carbocycles. The molecule has 1 unspecified atom stereocenters. The molecule has 0 radical (unpaired) electrons. The number of rotatable bonds is 6. The predicted molar refractivity (Wildman–Crippen MR) is 103 cm³/mol. The normalized spacial score (nSPS) is 16.1. The summed E-state index contributed by atoms with van der Waals surface area (Å²) >= 11 is 0. The van der Waals surface area contributed by atoms with E-state index in [2.05, 4.69) is 13.8 Å². The maximum atomic E-state index is 12.7. The zero-order valence-corrected chi connectivity index (χ0v) is 15.7. The second-order valence-electron chi connectivity index (χ2n) is 7.39. The van der Waals surface area contributed by atoms with E-state index in [0.29, 0.717) is 19.1 Å². The number of benzene rings is 2. The van der Waals surface area contributed by atoms with E-state index >= 15 is 0 Å². The molecular weight excluding hydrogens is 342 g/mol. The van der Waals surface area contributed by atoms with Gasteiger partial charge in [-0.05, 0) is 34.7 Å². The molecule has 5 nitrogen and oxygen atoms in total. The summed E-state index contributed by atoms with van der Waals surface area (Å²) in [4.78, 5) is 26.0. The Hall–Kier alpha value is -2.82. The van der Waals surface area contributed by atoms with E-state index in [-0.39, 0.29) is 18.9 Å². The molecular formula is C22H25NO4. The maximum absolute atomic E-state index is 12.7. The smallest absolute Gasteiger partial charge is 0.312 e. The van der Waals surface area contributed by atoms with Crippen molar-refractivity contribution in [3.05, 3.63) is 65.2 Å². The maximum Gasteiger partial charge on any atom is 0.312 e. The summed E-state index contributed by atoms with van der Waals surface area (Å²) in [6, 6.07) is 15.0. The van der Waals surface area contributed by atoms with Crippen molar-refractivity contribution in [2.24, 2.45) is 5.92 Å². The minimum absolute atomic E-state index is 0.0633. The second kappa shape index (κ2) is 8.25. The van der Waals surface area contributed by atoms with E-state index in [1.54, 1.807) is 4.90 Å². The van der Waals surface area contributed by atoms with Gasteiger partial charge in [-0.25, -0.2) is 0 Å². The van der Waals surface area contributed by atoms with Crippen LogP contribution >= 0.6 is 0 Å². The van der Waals surface area contributed by atoms with E-state index in [9.17, 15) is 14.7 Å². The van der Waals surface area contributed by atoms with Crippen LogP contribution < -0.4 is 4.74 Å². The molecule has 1 atom stereocenters. The van der Waals surface area contributed by atoms with Crippen LogP contribution in [-0.2, 0) is 22.6 Å². The minimum atomic E-state index is -0.897. The molecule has 0 saturated heterocycles. The first-order valence-corrected chi connectivity index (χ1v) is 9.24. The van der Waals surface area contributed by atoms with Crippen molar-refractivity contribution in [3.63, 3.8) is 0 Å². The van der Waals surface area contributed by atoms with Crippen LogP contribution in [0.15, 0.2) is 48.5 Å². The Morgan fingerprint density at radius 3 is 2.52 bits per heavy atom. The third-order valence-corrected chi connectivity index (χ3v) is 4.71. The van der Waals surface area contributed by atoms with Gasteiger partial charge in [-0.15, -0.1) is 0 Å². The molecule has 0 fully saturated rings. The quantitative estimate of drug-likeness (QED) is 0.849. The summed E-state index contributed by atoms with van der Waals surface area (Å²) in [5, 5.41) is 9.54. The van der Waals surface area contributed by atoms with Gasteiger partial charge in [0, 0.05) is 13.1 Å². The molecule has 3 rings (SSSR count). The number of aliphatic carboxylic acids is 1. The topological polar surface area (TPSA) is 66.8 Å². The number of carboxylic acids is 1. The first-order chi connectivity index (χ1) is 12.9. The molecule has 5 heteroatoms. The summed E-state index contributed by atoms with van der Waals surface area (Å²) in [6.07, 6.45) is 0.249. The van der Waals surface area contributed by atoms with E-state index in [4.69, 9.17) is 4.74 Å². The van der Waals surface area contributed by atoms with Crippen molar-refractivity contribution >= 4 is 11.9 Å². The van der Waals surface area contributed by atoms with Crippen molar-refractivity contribution in [2.75, 3.05) is 13.2 Å². The van der Waals surface area contributed by atoms with Gasteiger partial charge in [0.05, 0.1) is 18.9 Å². The molecule has 1 aliphatic rings. The summed E-state index contributed by atoms with van der Waals surface area (Å²) in [6.45, 7) is 5.50. The SMILES string of the molecule is CC(C)COc1ccc(CC(=O)N2Cc3ccccc3C(C(=O)O)C2)cc1. The van der Waals surface area contributed by atoms with Crippen molar-refractivity contribution in [2.45, 2.75) is 32.7 Å². The Morgan fingerprint density at radius 1 is 1.15 bits per heavy atom. The lowest BCUT2D eigenvalue weighted by atomic mass is 9.89. The first-order valence-electron chi connectivity index (χ1n) is 9.24. The number of ether oxygens (including phenoxy) is 1. The fourth-order valence-electron chi connectivity index (χ4n) is 3.26. The Balaban J connectivity index is 1.67. The Kier molecular flexibility index (Phi) is 5.79. The summed E-state index contributed by atoms with van der Waals surface area (Å²) in [5.41, 5.74) is 2.60. The first kappa shape index (κ1) is 19.0. The van der Waals surface area contributed by atoms with Crippen molar-refractivity contribution in [3.8, 4) is 5.75 Å². The highest BCUT2D eigenvalue weighted by molar-refractivity contribution is 5.82. The Bertz CT molecular complexity index is 813. The average molecular weight is 367 g/mol. The lowest BCUT2D eigenvalue weighted by molar-refractivity contribution is -0.141. The number of hydrogen-bond donors (Lipinski definition) is 1. The summed E-state index contributed by atoms with van der Waals surface area (Å²) in [7, 11) is 0. The van der Waals surface area contributed by atoms with Gasteiger partial charge in [-0.2, -0.15) is 0 Å². The van der Waals surface area contributed by atoms with Gasteiger partial charge in [0.2, 0.25) is 5.91 Å². The molecule has 1 amide bonds. The Morgan fingerprint density at radius 2 is 1.85 bits per heavy atom. The highest BCUT2D eigenvalue weighted by Gasteiger charge is 2.32. The molecule has 1 aliphatic heterocycles. The van der Waals surface area contributed by atoms with Gasteiger partial charge in [-0.1, -0.05) is 50.2 Å². The number of fused-ring (bicyclic) bond motifs is 1. The van der Waals surface area contributed by atoms with Crippen LogP contribution in [0.5, 0.6) is 5.75 Å². The van der Waals surface area contributed by atoms with Crippen molar-refractivity contribution < 1.29 is 19.4 Å². The number of carboxylic acid groups (broad SMARTS) is 1. The van der Waals surface area contributed by atoms with E-state index in [1.165, 1.54) is 0 Å². The van der Waals surface area contributed by atoms with Gasteiger partial charge in [-0.3, -0.25) is 9.59 Å². The van der Waals surface area contributed by atoms with Crippen molar-refractivity contribution in [1.29, 1.82) is 0 Å². The van der Waals surface area contributed by atoms with Crippen LogP contribution in [-0.4, -0.2) is 35.0 Å².